The predicted molar refractivity (Wildman–Crippen MR) is 78.8 cm³/mol. The number of nitrogens with two attached hydrogens (primary N) is 1. The summed E-state index contributed by atoms with van der Waals surface area (Å²) < 4.78 is 12.4. The fourth-order valence-electron chi connectivity index (χ4n) is 3.53. The van der Waals surface area contributed by atoms with Crippen LogP contribution in [-0.4, -0.2) is 13.3 Å². The molecular formula is C15H20BrNO2. The number of hydrogen-bond acceptors (Lipinski definition) is 3. The van der Waals surface area contributed by atoms with E-state index < -0.39 is 0 Å². The highest BCUT2D eigenvalue weighted by Crippen LogP contribution is 2.50. The van der Waals surface area contributed by atoms with Crippen LogP contribution in [0.3, 0.4) is 0 Å². The van der Waals surface area contributed by atoms with Crippen LogP contribution >= 0.6 is 15.9 Å². The Hall–Kier alpha value is -0.740. The molecule has 0 saturated heterocycles. The molecule has 0 bridgehead atoms. The summed E-state index contributed by atoms with van der Waals surface area (Å²) in [5.41, 5.74) is 8.75. The lowest BCUT2D eigenvalue weighted by molar-refractivity contribution is 0.170. The summed E-state index contributed by atoms with van der Waals surface area (Å²) in [6, 6.07) is 2.01. The molecule has 1 saturated carbocycles. The van der Waals surface area contributed by atoms with Crippen molar-refractivity contribution >= 4 is 15.9 Å². The molecule has 104 valence electrons. The Labute approximate surface area is 122 Å². The van der Waals surface area contributed by atoms with Gasteiger partial charge in [-0.25, -0.2) is 0 Å². The maximum Gasteiger partial charge on any atom is 0.231 e. The van der Waals surface area contributed by atoms with Gasteiger partial charge in [0.1, 0.15) is 0 Å². The molecule has 1 aromatic carbocycles. The maximum atomic E-state index is 6.17. The third-order valence-electron chi connectivity index (χ3n) is 4.59. The van der Waals surface area contributed by atoms with Crippen LogP contribution in [0.2, 0.25) is 0 Å². The minimum atomic E-state index is 0.0594. The average molecular weight is 326 g/mol. The number of benzene rings is 1. The zero-order chi connectivity index (χ0) is 13.5. The van der Waals surface area contributed by atoms with Crippen molar-refractivity contribution < 1.29 is 9.47 Å². The van der Waals surface area contributed by atoms with Crippen LogP contribution in [0.5, 0.6) is 11.5 Å². The summed E-state index contributed by atoms with van der Waals surface area (Å²) in [4.78, 5) is 0. The topological polar surface area (TPSA) is 44.5 Å². The van der Waals surface area contributed by atoms with Gasteiger partial charge in [0.2, 0.25) is 6.79 Å². The van der Waals surface area contributed by atoms with Gasteiger partial charge in [0.05, 0.1) is 0 Å². The molecule has 0 aromatic heterocycles. The van der Waals surface area contributed by atoms with Crippen LogP contribution in [-0.2, 0) is 5.41 Å². The van der Waals surface area contributed by atoms with Crippen LogP contribution in [0.25, 0.3) is 0 Å². The Kier molecular flexibility index (Phi) is 3.48. The van der Waals surface area contributed by atoms with Gasteiger partial charge < -0.3 is 15.2 Å². The van der Waals surface area contributed by atoms with Gasteiger partial charge in [-0.2, -0.15) is 0 Å². The minimum absolute atomic E-state index is 0.0594. The summed E-state index contributed by atoms with van der Waals surface area (Å²) in [6.45, 7) is 3.15. The summed E-state index contributed by atoms with van der Waals surface area (Å²) in [5.74, 6) is 1.78. The molecule has 1 fully saturated rings. The van der Waals surface area contributed by atoms with Crippen molar-refractivity contribution in [3.05, 3.63) is 21.7 Å². The van der Waals surface area contributed by atoms with Crippen LogP contribution < -0.4 is 15.2 Å². The Bertz CT molecular complexity index is 495. The molecule has 0 amide bonds. The molecule has 19 heavy (non-hydrogen) atoms. The van der Waals surface area contributed by atoms with E-state index in [1.165, 1.54) is 30.4 Å². The SMILES string of the molecule is Cc1c(Br)cc2c(c1C1(CN)CCCCC1)OCO2. The predicted octanol–water partition coefficient (Wildman–Crippen LogP) is 3.65. The number of ether oxygens (including phenoxy) is 2. The molecule has 2 N–H and O–H groups in total. The molecule has 4 heteroatoms. The molecule has 0 atom stereocenters. The van der Waals surface area contributed by atoms with E-state index in [0.717, 1.165) is 28.8 Å². The molecule has 3 nitrogen and oxygen atoms in total. The van der Waals surface area contributed by atoms with Gasteiger partial charge in [-0.1, -0.05) is 35.2 Å². The molecule has 1 aliphatic heterocycles. The number of halogens is 1. The quantitative estimate of drug-likeness (QED) is 0.902. The van der Waals surface area contributed by atoms with Gasteiger partial charge in [-0.15, -0.1) is 0 Å². The summed E-state index contributed by atoms with van der Waals surface area (Å²) in [7, 11) is 0. The Morgan fingerprint density at radius 1 is 1.26 bits per heavy atom. The fourth-order valence-corrected chi connectivity index (χ4v) is 3.93. The van der Waals surface area contributed by atoms with Crippen LogP contribution in [0.1, 0.15) is 43.2 Å². The molecule has 0 radical (unpaired) electrons. The van der Waals surface area contributed by atoms with Crippen LogP contribution in [0.4, 0.5) is 0 Å². The largest absolute Gasteiger partial charge is 0.454 e. The van der Waals surface area contributed by atoms with Gasteiger partial charge in [0.25, 0.3) is 0 Å². The van der Waals surface area contributed by atoms with E-state index in [-0.39, 0.29) is 5.41 Å². The average Bonchev–Trinajstić information content (AvgIpc) is 2.88. The van der Waals surface area contributed by atoms with Crippen LogP contribution in [0, 0.1) is 6.92 Å². The van der Waals surface area contributed by atoms with E-state index in [1.54, 1.807) is 0 Å². The zero-order valence-corrected chi connectivity index (χ0v) is 12.9. The number of fused-ring (bicyclic) bond motifs is 1. The summed E-state index contributed by atoms with van der Waals surface area (Å²) in [5, 5.41) is 0. The first-order valence-electron chi connectivity index (χ1n) is 6.97. The lowest BCUT2D eigenvalue weighted by atomic mass is 9.68. The van der Waals surface area contributed by atoms with E-state index in [0.29, 0.717) is 13.3 Å². The molecule has 1 heterocycles. The second kappa shape index (κ2) is 4.98. The van der Waals surface area contributed by atoms with E-state index in [2.05, 4.69) is 22.9 Å². The van der Waals surface area contributed by atoms with Gasteiger partial charge in [-0.3, -0.25) is 0 Å². The molecule has 1 aliphatic carbocycles. The lowest BCUT2D eigenvalue weighted by Crippen LogP contribution is -2.38. The minimum Gasteiger partial charge on any atom is -0.454 e. The monoisotopic (exact) mass is 325 g/mol. The molecule has 2 aliphatic rings. The molecular weight excluding hydrogens is 306 g/mol. The van der Waals surface area contributed by atoms with Gasteiger partial charge in [-0.05, 0) is 31.4 Å². The first-order chi connectivity index (χ1) is 9.18. The van der Waals surface area contributed by atoms with E-state index in [9.17, 15) is 0 Å². The molecule has 1 aromatic rings. The third-order valence-corrected chi connectivity index (χ3v) is 5.42. The summed E-state index contributed by atoms with van der Waals surface area (Å²) >= 11 is 3.64. The van der Waals surface area contributed by atoms with Crippen molar-refractivity contribution in [3.63, 3.8) is 0 Å². The first-order valence-corrected chi connectivity index (χ1v) is 7.76. The third kappa shape index (κ3) is 2.05. The maximum absolute atomic E-state index is 6.17. The lowest BCUT2D eigenvalue weighted by Gasteiger charge is -2.38. The van der Waals surface area contributed by atoms with Gasteiger partial charge >= 0.3 is 0 Å². The first kappa shape index (κ1) is 13.3. The fraction of sp³-hybridized carbons (Fsp3) is 0.600. The Morgan fingerprint density at radius 2 is 2.00 bits per heavy atom. The van der Waals surface area contributed by atoms with E-state index in [4.69, 9.17) is 15.2 Å². The second-order valence-corrected chi connectivity index (χ2v) is 6.49. The van der Waals surface area contributed by atoms with Crippen molar-refractivity contribution in [1.82, 2.24) is 0 Å². The molecule has 3 rings (SSSR count). The van der Waals surface area contributed by atoms with Crippen LogP contribution in [0.15, 0.2) is 10.5 Å². The zero-order valence-electron chi connectivity index (χ0n) is 11.3. The Balaban J connectivity index is 2.17. The molecule has 0 unspecified atom stereocenters. The van der Waals surface area contributed by atoms with Crippen molar-refractivity contribution in [2.24, 2.45) is 5.73 Å². The van der Waals surface area contributed by atoms with E-state index in [1.807, 2.05) is 6.07 Å². The van der Waals surface area contributed by atoms with Crippen molar-refractivity contribution in [1.29, 1.82) is 0 Å². The number of hydrogen-bond donors (Lipinski definition) is 1. The summed E-state index contributed by atoms with van der Waals surface area (Å²) in [6.07, 6.45) is 6.11. The highest BCUT2D eigenvalue weighted by molar-refractivity contribution is 9.10. The van der Waals surface area contributed by atoms with Crippen molar-refractivity contribution in [2.45, 2.75) is 44.4 Å². The van der Waals surface area contributed by atoms with Crippen molar-refractivity contribution in [2.75, 3.05) is 13.3 Å². The Morgan fingerprint density at radius 3 is 2.68 bits per heavy atom. The normalized spacial score (nSPS) is 20.6. The highest BCUT2D eigenvalue weighted by atomic mass is 79.9. The van der Waals surface area contributed by atoms with Gasteiger partial charge in [0.15, 0.2) is 11.5 Å². The second-order valence-electron chi connectivity index (χ2n) is 5.64. The molecule has 0 spiro atoms. The van der Waals surface area contributed by atoms with Gasteiger partial charge in [0, 0.05) is 22.0 Å². The number of rotatable bonds is 2. The van der Waals surface area contributed by atoms with E-state index >= 15 is 0 Å². The standard InChI is InChI=1S/C15H20BrNO2/c1-10-11(16)7-12-14(19-9-18-12)13(10)15(8-17)5-3-2-4-6-15/h7H,2-6,8-9,17H2,1H3. The highest BCUT2D eigenvalue weighted by Gasteiger charge is 2.39. The van der Waals surface area contributed by atoms with Crippen molar-refractivity contribution in [3.8, 4) is 11.5 Å². The smallest absolute Gasteiger partial charge is 0.231 e.